The molecule has 164 valence electrons. The second-order valence-corrected chi connectivity index (χ2v) is 7.58. The Morgan fingerprint density at radius 2 is 1.58 bits per heavy atom. The summed E-state index contributed by atoms with van der Waals surface area (Å²) in [4.78, 5) is 23.8. The highest BCUT2D eigenvalue weighted by atomic mass is 19.3. The Kier molecular flexibility index (Phi) is 7.87. The second kappa shape index (κ2) is 10.2. The first-order valence-corrected chi connectivity index (χ1v) is 9.77. The van der Waals surface area contributed by atoms with Crippen molar-refractivity contribution in [1.82, 2.24) is 10.6 Å². The van der Waals surface area contributed by atoms with Crippen LogP contribution < -0.4 is 10.6 Å². The van der Waals surface area contributed by atoms with E-state index in [4.69, 9.17) is 0 Å². The molecule has 2 N–H and O–H groups in total. The molecule has 0 radical (unpaired) electrons. The smallest absolute Gasteiger partial charge is 0.262 e. The normalized spacial score (nSPS) is 14.6. The van der Waals surface area contributed by atoms with Crippen molar-refractivity contribution in [2.24, 2.45) is 0 Å². The number of halogens is 3. The molecule has 7 heteroatoms. The number of rotatable bonds is 6. The summed E-state index contributed by atoms with van der Waals surface area (Å²) in [6.07, 6.45) is -2.87. The quantitative estimate of drug-likeness (QED) is 0.673. The number of hydrogen-bond acceptors (Lipinski definition) is 2. The Bertz CT molecular complexity index is 979. The second-order valence-electron chi connectivity index (χ2n) is 7.58. The van der Waals surface area contributed by atoms with Crippen molar-refractivity contribution in [2.75, 3.05) is 0 Å². The highest BCUT2D eigenvalue weighted by Crippen LogP contribution is 2.20. The third-order valence-corrected chi connectivity index (χ3v) is 5.10. The molecule has 31 heavy (non-hydrogen) atoms. The van der Waals surface area contributed by atoms with Crippen LogP contribution in [0, 0.1) is 17.7 Å². The van der Waals surface area contributed by atoms with Crippen molar-refractivity contribution in [1.29, 1.82) is 0 Å². The van der Waals surface area contributed by atoms with Crippen LogP contribution in [-0.2, 0) is 4.79 Å². The summed E-state index contributed by atoms with van der Waals surface area (Å²) in [6.45, 7) is 5.64. The van der Waals surface area contributed by atoms with E-state index in [9.17, 15) is 22.8 Å². The van der Waals surface area contributed by atoms with Crippen LogP contribution in [0.15, 0.2) is 48.5 Å². The van der Waals surface area contributed by atoms with E-state index >= 15 is 0 Å². The van der Waals surface area contributed by atoms with Crippen molar-refractivity contribution in [2.45, 2.75) is 51.6 Å². The van der Waals surface area contributed by atoms with Gasteiger partial charge < -0.3 is 10.6 Å². The molecule has 2 amide bonds. The fourth-order valence-electron chi connectivity index (χ4n) is 2.89. The van der Waals surface area contributed by atoms with Crippen molar-refractivity contribution < 1.29 is 22.8 Å². The van der Waals surface area contributed by atoms with Gasteiger partial charge in [0.1, 0.15) is 11.4 Å². The minimum atomic E-state index is -2.87. The average molecular weight is 430 g/mol. The molecule has 0 spiro atoms. The first-order valence-electron chi connectivity index (χ1n) is 9.77. The highest BCUT2D eigenvalue weighted by Gasteiger charge is 2.42. The maximum Gasteiger partial charge on any atom is 0.262 e. The van der Waals surface area contributed by atoms with Gasteiger partial charge in [0.05, 0.1) is 6.04 Å². The predicted molar refractivity (Wildman–Crippen MR) is 113 cm³/mol. The van der Waals surface area contributed by atoms with Crippen molar-refractivity contribution in [3.8, 4) is 11.8 Å². The van der Waals surface area contributed by atoms with E-state index in [1.165, 1.54) is 26.0 Å². The van der Waals surface area contributed by atoms with Gasteiger partial charge in [0.25, 0.3) is 12.3 Å². The van der Waals surface area contributed by atoms with Crippen LogP contribution in [0.3, 0.4) is 0 Å². The van der Waals surface area contributed by atoms with Crippen LogP contribution >= 0.6 is 0 Å². The lowest BCUT2D eigenvalue weighted by atomic mass is 9.93. The number of alkyl halides is 2. The van der Waals surface area contributed by atoms with E-state index in [-0.39, 0.29) is 17.3 Å². The van der Waals surface area contributed by atoms with E-state index in [1.807, 2.05) is 6.92 Å². The van der Waals surface area contributed by atoms with Crippen LogP contribution in [-0.4, -0.2) is 29.8 Å². The molecule has 2 rings (SSSR count). The third kappa shape index (κ3) is 6.35. The van der Waals surface area contributed by atoms with Crippen LogP contribution in [0.5, 0.6) is 0 Å². The Hall–Kier alpha value is -3.27. The molecule has 0 bridgehead atoms. The number of carbonyl (C=O) groups excluding carboxylic acids is 2. The predicted octanol–water partition coefficient (Wildman–Crippen LogP) is 4.26. The zero-order valence-electron chi connectivity index (χ0n) is 17.8. The van der Waals surface area contributed by atoms with Gasteiger partial charge in [0.15, 0.2) is 0 Å². The lowest BCUT2D eigenvalue weighted by Gasteiger charge is -2.35. The van der Waals surface area contributed by atoms with Crippen molar-refractivity contribution in [3.63, 3.8) is 0 Å². The molecule has 0 saturated heterocycles. The number of carbonyl (C=O) groups is 2. The van der Waals surface area contributed by atoms with Crippen molar-refractivity contribution in [3.05, 3.63) is 71.0 Å². The Balaban J connectivity index is 2.07. The summed E-state index contributed by atoms with van der Waals surface area (Å²) >= 11 is 0. The van der Waals surface area contributed by atoms with Gasteiger partial charge in [0, 0.05) is 24.0 Å². The van der Waals surface area contributed by atoms with Crippen LogP contribution in [0.2, 0.25) is 0 Å². The highest BCUT2D eigenvalue weighted by molar-refractivity contribution is 5.94. The van der Waals surface area contributed by atoms with Gasteiger partial charge >= 0.3 is 0 Å². The molecule has 0 aliphatic rings. The monoisotopic (exact) mass is 430 g/mol. The summed E-state index contributed by atoms with van der Waals surface area (Å²) in [6, 6.07) is 11.5. The first kappa shape index (κ1) is 24.0. The van der Waals surface area contributed by atoms with E-state index in [0.29, 0.717) is 5.56 Å². The molecule has 0 fully saturated rings. The number of hydrogen-bond donors (Lipinski definition) is 2. The number of amides is 2. The Morgan fingerprint density at radius 1 is 1.00 bits per heavy atom. The van der Waals surface area contributed by atoms with Crippen LogP contribution in [0.4, 0.5) is 13.2 Å². The molecule has 0 aliphatic heterocycles. The Labute approximate surface area is 180 Å². The lowest BCUT2D eigenvalue weighted by Crippen LogP contribution is -2.63. The van der Waals surface area contributed by atoms with Gasteiger partial charge in [-0.15, -0.1) is 0 Å². The van der Waals surface area contributed by atoms with Crippen molar-refractivity contribution >= 4 is 11.8 Å². The maximum atomic E-state index is 13.5. The van der Waals surface area contributed by atoms with Gasteiger partial charge in [-0.3, -0.25) is 9.59 Å². The van der Waals surface area contributed by atoms with Gasteiger partial charge in [-0.1, -0.05) is 24.0 Å². The maximum absolute atomic E-state index is 13.5. The topological polar surface area (TPSA) is 58.2 Å². The number of benzene rings is 2. The zero-order valence-corrected chi connectivity index (χ0v) is 17.8. The minimum Gasteiger partial charge on any atom is -0.347 e. The molecule has 3 unspecified atom stereocenters. The largest absolute Gasteiger partial charge is 0.347 e. The molecule has 0 saturated carbocycles. The summed E-state index contributed by atoms with van der Waals surface area (Å²) < 4.78 is 40.0. The molecule has 2 aromatic carbocycles. The van der Waals surface area contributed by atoms with Gasteiger partial charge in [0.2, 0.25) is 5.91 Å². The fraction of sp³-hybridized carbons (Fsp3) is 0.333. The first-order chi connectivity index (χ1) is 14.5. The molecule has 0 heterocycles. The van der Waals surface area contributed by atoms with Gasteiger partial charge in [-0.25, -0.2) is 13.2 Å². The summed E-state index contributed by atoms with van der Waals surface area (Å²) in [5.41, 5.74) is -0.0542. The van der Waals surface area contributed by atoms with E-state index in [1.54, 1.807) is 36.4 Å². The van der Waals surface area contributed by atoms with Gasteiger partial charge in [-0.05, 0) is 62.7 Å². The average Bonchev–Trinajstić information content (AvgIpc) is 2.72. The van der Waals surface area contributed by atoms with Crippen LogP contribution in [0.1, 0.15) is 55.1 Å². The molecular formula is C24H25F3N2O2. The van der Waals surface area contributed by atoms with E-state index in [0.717, 1.165) is 12.5 Å². The fourth-order valence-corrected chi connectivity index (χ4v) is 2.89. The van der Waals surface area contributed by atoms with Gasteiger partial charge in [-0.2, -0.15) is 0 Å². The van der Waals surface area contributed by atoms with E-state index < -0.39 is 29.8 Å². The Morgan fingerprint density at radius 3 is 2.10 bits per heavy atom. The summed E-state index contributed by atoms with van der Waals surface area (Å²) in [5, 5.41) is 4.74. The SMILES string of the molecule is CC(=O)NC(C)(C(F)F)C(C)NC(=O)c1ccc(C#CC(C)c2ccc(F)cc2)cc1. The molecule has 0 aromatic heterocycles. The lowest BCUT2D eigenvalue weighted by molar-refractivity contribution is -0.123. The molecule has 2 aromatic rings. The summed E-state index contributed by atoms with van der Waals surface area (Å²) in [5.74, 6) is 4.51. The molecule has 0 aliphatic carbocycles. The number of nitrogens with one attached hydrogen (secondary N) is 2. The molecule has 3 atom stereocenters. The summed E-state index contributed by atoms with van der Waals surface area (Å²) in [7, 11) is 0. The van der Waals surface area contributed by atoms with Crippen LogP contribution in [0.25, 0.3) is 0 Å². The molecular weight excluding hydrogens is 405 g/mol. The molecule has 4 nitrogen and oxygen atoms in total. The standard InChI is InChI=1S/C24H25F3N2O2/c1-15(19-11-13-21(25)14-12-19)5-6-18-7-9-20(10-8-18)22(31)28-16(2)24(4,23(26)27)29-17(3)30/h7-16,23H,1-4H3,(H,28,31)(H,29,30). The minimum absolute atomic E-state index is 0.106. The third-order valence-electron chi connectivity index (χ3n) is 5.10. The van der Waals surface area contributed by atoms with E-state index in [2.05, 4.69) is 22.5 Å². The zero-order chi connectivity index (χ0) is 23.2.